The molecule has 3 fully saturated rings. The number of esters is 4. The minimum atomic E-state index is -1.83. The molecule has 0 amide bonds. The molecule has 1 aliphatic heterocycles. The van der Waals surface area contributed by atoms with Crippen molar-refractivity contribution in [3.8, 4) is 0 Å². The Morgan fingerprint density at radius 1 is 0.744 bits per heavy atom. The Hall–Kier alpha value is -3.76. The molecule has 1 heterocycles. The molecule has 10 nitrogen and oxygen atoms in total. The zero-order chi connectivity index (χ0) is 31.4. The predicted octanol–water partition coefficient (Wildman–Crippen LogP) is 4.03. The molecule has 1 saturated heterocycles. The van der Waals surface area contributed by atoms with E-state index >= 15 is 0 Å². The maximum absolute atomic E-state index is 13.5. The number of benzene rings is 2. The summed E-state index contributed by atoms with van der Waals surface area (Å²) in [4.78, 5) is 51.9. The van der Waals surface area contributed by atoms with Gasteiger partial charge in [0, 0.05) is 26.2 Å². The molecule has 2 aliphatic carbocycles. The summed E-state index contributed by atoms with van der Waals surface area (Å²) in [6.07, 6.45) is -4.51. The van der Waals surface area contributed by atoms with Gasteiger partial charge >= 0.3 is 23.9 Å². The molecule has 0 aromatic heterocycles. The van der Waals surface area contributed by atoms with Gasteiger partial charge < -0.3 is 28.8 Å². The van der Waals surface area contributed by atoms with Crippen LogP contribution in [0.1, 0.15) is 75.1 Å². The smallest absolute Gasteiger partial charge is 0.338 e. The van der Waals surface area contributed by atoms with Crippen LogP contribution in [0.15, 0.2) is 60.7 Å². The van der Waals surface area contributed by atoms with Gasteiger partial charge in [-0.2, -0.15) is 0 Å². The highest BCUT2D eigenvalue weighted by Crippen LogP contribution is 2.69. The Morgan fingerprint density at radius 2 is 1.26 bits per heavy atom. The first-order chi connectivity index (χ1) is 20.1. The van der Waals surface area contributed by atoms with Gasteiger partial charge in [0.2, 0.25) is 0 Å². The lowest BCUT2D eigenvalue weighted by Crippen LogP contribution is -2.81. The molecule has 0 unspecified atom stereocenters. The quantitative estimate of drug-likeness (QED) is 0.386. The van der Waals surface area contributed by atoms with E-state index in [4.69, 9.17) is 23.7 Å². The van der Waals surface area contributed by atoms with Crippen LogP contribution in [0, 0.1) is 11.3 Å². The van der Waals surface area contributed by atoms with Crippen LogP contribution in [0.4, 0.5) is 0 Å². The van der Waals surface area contributed by atoms with Gasteiger partial charge in [0.05, 0.1) is 27.7 Å². The molecule has 230 valence electrons. The van der Waals surface area contributed by atoms with Gasteiger partial charge in [-0.15, -0.1) is 0 Å². The molecule has 3 aliphatic rings. The first-order valence-corrected chi connectivity index (χ1v) is 14.4. The van der Waals surface area contributed by atoms with E-state index in [9.17, 15) is 24.3 Å². The van der Waals surface area contributed by atoms with E-state index in [0.29, 0.717) is 11.1 Å². The van der Waals surface area contributed by atoms with E-state index in [1.165, 1.54) is 20.8 Å². The summed E-state index contributed by atoms with van der Waals surface area (Å²) in [5, 5.41) is 12.4. The second-order valence-corrected chi connectivity index (χ2v) is 12.7. The van der Waals surface area contributed by atoms with Crippen LogP contribution in [0.25, 0.3) is 0 Å². The second kappa shape index (κ2) is 10.7. The molecule has 2 aromatic carbocycles. The van der Waals surface area contributed by atoms with Crippen LogP contribution < -0.4 is 0 Å². The highest BCUT2D eigenvalue weighted by molar-refractivity contribution is 5.90. The number of hydrogen-bond acceptors (Lipinski definition) is 10. The first kappa shape index (κ1) is 30.7. The molecular weight excluding hydrogens is 556 g/mol. The normalized spacial score (nSPS) is 35.7. The van der Waals surface area contributed by atoms with Crippen molar-refractivity contribution in [2.24, 2.45) is 11.3 Å². The Morgan fingerprint density at radius 3 is 1.77 bits per heavy atom. The van der Waals surface area contributed by atoms with Crippen LogP contribution in [0.5, 0.6) is 0 Å². The van der Waals surface area contributed by atoms with Crippen LogP contribution >= 0.6 is 0 Å². The first-order valence-electron chi connectivity index (χ1n) is 14.4. The largest absolute Gasteiger partial charge is 0.458 e. The average molecular weight is 595 g/mol. The Labute approximate surface area is 250 Å². The van der Waals surface area contributed by atoms with E-state index in [2.05, 4.69) is 0 Å². The molecule has 43 heavy (non-hydrogen) atoms. The van der Waals surface area contributed by atoms with Crippen LogP contribution in [-0.2, 0) is 33.3 Å². The highest BCUT2D eigenvalue weighted by Gasteiger charge is 2.84. The fraction of sp³-hybridized carbons (Fsp3) is 0.515. The summed E-state index contributed by atoms with van der Waals surface area (Å²) in [6, 6.07) is 16.9. The van der Waals surface area contributed by atoms with Crippen LogP contribution in [0.2, 0.25) is 0 Å². The maximum atomic E-state index is 13.5. The maximum Gasteiger partial charge on any atom is 0.338 e. The summed E-state index contributed by atoms with van der Waals surface area (Å²) in [7, 11) is 0. The number of hydrogen-bond donors (Lipinski definition) is 1. The van der Waals surface area contributed by atoms with E-state index in [1.54, 1.807) is 67.6 Å². The van der Waals surface area contributed by atoms with E-state index in [-0.39, 0.29) is 12.8 Å². The number of fused-ring (bicyclic) bond motifs is 1. The number of aliphatic hydroxyl groups is 1. The van der Waals surface area contributed by atoms with Gasteiger partial charge in [-0.25, -0.2) is 9.59 Å². The molecule has 8 atom stereocenters. The monoisotopic (exact) mass is 594 g/mol. The van der Waals surface area contributed by atoms with Crippen LogP contribution in [-0.4, -0.2) is 70.2 Å². The van der Waals surface area contributed by atoms with Crippen molar-refractivity contribution < 1.29 is 48.0 Å². The number of carbonyl (C=O) groups is 4. The zero-order valence-electron chi connectivity index (χ0n) is 25.2. The van der Waals surface area contributed by atoms with Crippen molar-refractivity contribution in [2.75, 3.05) is 0 Å². The molecule has 1 N–H and O–H groups in total. The Bertz CT molecular complexity index is 1400. The number of rotatable bonds is 6. The van der Waals surface area contributed by atoms with Crippen molar-refractivity contribution >= 4 is 23.9 Å². The third kappa shape index (κ3) is 4.90. The molecule has 5 rings (SSSR count). The second-order valence-electron chi connectivity index (χ2n) is 12.7. The summed E-state index contributed by atoms with van der Waals surface area (Å²) in [6.45, 7) is 9.29. The van der Waals surface area contributed by atoms with E-state index < -0.39 is 76.4 Å². The topological polar surface area (TPSA) is 135 Å². The third-order valence-corrected chi connectivity index (χ3v) is 9.46. The van der Waals surface area contributed by atoms with Gasteiger partial charge in [-0.1, -0.05) is 36.4 Å². The summed E-state index contributed by atoms with van der Waals surface area (Å²) in [5.41, 5.74) is -5.56. The minimum Gasteiger partial charge on any atom is -0.458 e. The molecule has 10 heteroatoms. The lowest BCUT2D eigenvalue weighted by atomic mass is 9.47. The van der Waals surface area contributed by atoms with Gasteiger partial charge in [0.1, 0.15) is 23.9 Å². The van der Waals surface area contributed by atoms with E-state index in [1.807, 2.05) is 13.8 Å². The van der Waals surface area contributed by atoms with Gasteiger partial charge in [-0.3, -0.25) is 9.59 Å². The molecular formula is C33H38O10. The Balaban J connectivity index is 1.70. The number of carbonyl (C=O) groups excluding carboxylic acids is 4. The fourth-order valence-corrected chi connectivity index (χ4v) is 7.72. The van der Waals surface area contributed by atoms with Crippen molar-refractivity contribution in [3.05, 3.63) is 71.8 Å². The number of ether oxygens (including phenoxy) is 5. The van der Waals surface area contributed by atoms with Gasteiger partial charge in [-0.05, 0) is 58.4 Å². The predicted molar refractivity (Wildman–Crippen MR) is 152 cm³/mol. The lowest BCUT2D eigenvalue weighted by molar-refractivity contribution is -0.343. The fourth-order valence-electron chi connectivity index (χ4n) is 7.72. The summed E-state index contributed by atoms with van der Waals surface area (Å²) in [5.74, 6) is -3.12. The van der Waals surface area contributed by atoms with Crippen molar-refractivity contribution in [2.45, 2.75) is 95.6 Å². The SMILES string of the molecule is CC(=O)O[C@@H]1C[C@](C)(O)[C@]23OC(C)(C)[C@H](C[C@H](OC(=O)c4ccccc4)[C@]2(C)[C@H]1OC(C)=O)[C@H]3OC(=O)c1ccccc1. The summed E-state index contributed by atoms with van der Waals surface area (Å²) >= 11 is 0. The Kier molecular flexibility index (Phi) is 7.67. The van der Waals surface area contributed by atoms with E-state index in [0.717, 1.165) is 0 Å². The molecule has 2 bridgehead atoms. The molecule has 1 spiro atoms. The van der Waals surface area contributed by atoms with Gasteiger partial charge in [0.15, 0.2) is 6.10 Å². The zero-order valence-corrected chi connectivity index (χ0v) is 25.2. The summed E-state index contributed by atoms with van der Waals surface area (Å²) < 4.78 is 30.9. The third-order valence-electron chi connectivity index (χ3n) is 9.46. The van der Waals surface area contributed by atoms with Crippen LogP contribution in [0.3, 0.4) is 0 Å². The van der Waals surface area contributed by atoms with Crippen molar-refractivity contribution in [3.63, 3.8) is 0 Å². The average Bonchev–Trinajstić information content (AvgIpc) is 3.12. The highest BCUT2D eigenvalue weighted by atomic mass is 16.6. The molecule has 2 aromatic rings. The van der Waals surface area contributed by atoms with Crippen molar-refractivity contribution in [1.29, 1.82) is 0 Å². The lowest BCUT2D eigenvalue weighted by Gasteiger charge is -2.65. The van der Waals surface area contributed by atoms with Crippen molar-refractivity contribution in [1.82, 2.24) is 0 Å². The standard InChI is InChI=1S/C33H38O10/c1-19(34)39-24-18-31(5,38)33-26(42-29(37)22-15-11-8-12-16-22)23(30(3,4)43-33)17-25(32(33,6)27(24)40-20(2)35)41-28(36)21-13-9-7-10-14-21/h7-16,23-27,38H,17-18H2,1-6H3/t23-,24-,25+,26-,27+,31+,32-,33+/m1/s1. The minimum absolute atomic E-state index is 0.136. The molecule has 0 radical (unpaired) electrons. The molecule has 2 saturated carbocycles. The van der Waals surface area contributed by atoms with Gasteiger partial charge in [0.25, 0.3) is 0 Å².